The molecular formula is C12H22BrNO2. The van der Waals surface area contributed by atoms with Crippen LogP contribution < -0.4 is 5.32 Å². The number of ether oxygens (including phenoxy) is 1. The second kappa shape index (κ2) is 8.99. The van der Waals surface area contributed by atoms with E-state index in [1.165, 1.54) is 12.8 Å². The van der Waals surface area contributed by atoms with Crippen LogP contribution in [0.4, 0.5) is 0 Å². The van der Waals surface area contributed by atoms with Gasteiger partial charge < -0.3 is 10.1 Å². The van der Waals surface area contributed by atoms with Gasteiger partial charge in [-0.1, -0.05) is 22.4 Å². The van der Waals surface area contributed by atoms with Crippen molar-refractivity contribution in [1.29, 1.82) is 0 Å². The molecule has 1 fully saturated rings. The van der Waals surface area contributed by atoms with E-state index < -0.39 is 0 Å². The van der Waals surface area contributed by atoms with Gasteiger partial charge in [-0.05, 0) is 32.1 Å². The smallest absolute Gasteiger partial charge is 0.220 e. The summed E-state index contributed by atoms with van der Waals surface area (Å²) in [6.07, 6.45) is 7.55. The fourth-order valence-electron chi connectivity index (χ4n) is 1.88. The molecule has 4 heteroatoms. The maximum atomic E-state index is 11.5. The summed E-state index contributed by atoms with van der Waals surface area (Å²) in [5.74, 6) is 0.175. The van der Waals surface area contributed by atoms with Gasteiger partial charge in [0.2, 0.25) is 5.91 Å². The minimum absolute atomic E-state index is 0.175. The van der Waals surface area contributed by atoms with Crippen molar-refractivity contribution in [3.63, 3.8) is 0 Å². The molecule has 94 valence electrons. The van der Waals surface area contributed by atoms with Crippen LogP contribution in [0.15, 0.2) is 0 Å². The number of carbonyl (C=O) groups excluding carboxylic acids is 1. The molecular weight excluding hydrogens is 270 g/mol. The Morgan fingerprint density at radius 3 is 2.94 bits per heavy atom. The average molecular weight is 292 g/mol. The normalized spacial score (nSPS) is 19.9. The molecule has 16 heavy (non-hydrogen) atoms. The number of hydrogen-bond acceptors (Lipinski definition) is 2. The van der Waals surface area contributed by atoms with Crippen LogP contribution >= 0.6 is 15.9 Å². The van der Waals surface area contributed by atoms with Crippen molar-refractivity contribution in [3.8, 4) is 0 Å². The van der Waals surface area contributed by atoms with E-state index in [-0.39, 0.29) is 5.91 Å². The lowest BCUT2D eigenvalue weighted by Gasteiger charge is -2.09. The molecule has 0 saturated carbocycles. The minimum atomic E-state index is 0.175. The highest BCUT2D eigenvalue weighted by Crippen LogP contribution is 2.16. The van der Waals surface area contributed by atoms with Crippen molar-refractivity contribution in [3.05, 3.63) is 0 Å². The number of nitrogens with one attached hydrogen (secondary N) is 1. The molecule has 1 aliphatic rings. The summed E-state index contributed by atoms with van der Waals surface area (Å²) in [5, 5.41) is 4.01. The molecule has 1 saturated heterocycles. The van der Waals surface area contributed by atoms with E-state index in [2.05, 4.69) is 21.2 Å². The van der Waals surface area contributed by atoms with Crippen molar-refractivity contribution in [1.82, 2.24) is 5.32 Å². The van der Waals surface area contributed by atoms with Crippen LogP contribution in [0.1, 0.15) is 44.9 Å². The topological polar surface area (TPSA) is 38.3 Å². The third-order valence-corrected chi connectivity index (χ3v) is 3.41. The summed E-state index contributed by atoms with van der Waals surface area (Å²) in [6.45, 7) is 1.69. The Kier molecular flexibility index (Phi) is 7.85. The number of alkyl halides is 1. The van der Waals surface area contributed by atoms with Gasteiger partial charge in [0.15, 0.2) is 0 Å². The van der Waals surface area contributed by atoms with E-state index in [0.29, 0.717) is 12.5 Å². The summed E-state index contributed by atoms with van der Waals surface area (Å²) >= 11 is 3.39. The molecule has 0 aromatic carbocycles. The van der Waals surface area contributed by atoms with E-state index in [4.69, 9.17) is 4.74 Å². The Bertz CT molecular complexity index is 193. The molecule has 1 heterocycles. The summed E-state index contributed by atoms with van der Waals surface area (Å²) in [4.78, 5) is 11.5. The van der Waals surface area contributed by atoms with Gasteiger partial charge in [-0.2, -0.15) is 0 Å². The standard InChI is InChI=1S/C12H22BrNO2/c13-8-2-1-3-9-14-12(15)7-6-11-5-4-10-16-11/h11H,1-10H2,(H,14,15). The van der Waals surface area contributed by atoms with Crippen molar-refractivity contribution >= 4 is 21.8 Å². The molecule has 0 radical (unpaired) electrons. The predicted molar refractivity (Wildman–Crippen MR) is 68.9 cm³/mol. The van der Waals surface area contributed by atoms with Crippen LogP contribution in [0, 0.1) is 0 Å². The third-order valence-electron chi connectivity index (χ3n) is 2.85. The van der Waals surface area contributed by atoms with Crippen LogP contribution in [0.2, 0.25) is 0 Å². The number of halogens is 1. The lowest BCUT2D eigenvalue weighted by Crippen LogP contribution is -2.25. The number of unbranched alkanes of at least 4 members (excludes halogenated alkanes) is 2. The molecule has 1 unspecified atom stereocenters. The maximum Gasteiger partial charge on any atom is 0.220 e. The number of carbonyl (C=O) groups is 1. The molecule has 1 aliphatic heterocycles. The van der Waals surface area contributed by atoms with E-state index in [1.807, 2.05) is 0 Å². The highest BCUT2D eigenvalue weighted by atomic mass is 79.9. The fourth-order valence-corrected chi connectivity index (χ4v) is 2.27. The van der Waals surface area contributed by atoms with Gasteiger partial charge in [0.1, 0.15) is 0 Å². The summed E-state index contributed by atoms with van der Waals surface area (Å²) in [6, 6.07) is 0. The Balaban J connectivity index is 1.90. The molecule has 0 bridgehead atoms. The fraction of sp³-hybridized carbons (Fsp3) is 0.917. The second-order valence-electron chi connectivity index (χ2n) is 4.27. The molecule has 0 aromatic rings. The van der Waals surface area contributed by atoms with Crippen molar-refractivity contribution in [2.45, 2.75) is 51.0 Å². The first-order chi connectivity index (χ1) is 7.83. The lowest BCUT2D eigenvalue weighted by molar-refractivity contribution is -0.121. The van der Waals surface area contributed by atoms with Gasteiger partial charge in [-0.3, -0.25) is 4.79 Å². The number of amides is 1. The average Bonchev–Trinajstić information content (AvgIpc) is 2.79. The SMILES string of the molecule is O=C(CCC1CCCO1)NCCCCCBr. The lowest BCUT2D eigenvalue weighted by atomic mass is 10.1. The van der Waals surface area contributed by atoms with E-state index in [1.54, 1.807) is 0 Å². The van der Waals surface area contributed by atoms with E-state index in [9.17, 15) is 4.79 Å². The van der Waals surface area contributed by atoms with Gasteiger partial charge in [-0.25, -0.2) is 0 Å². The predicted octanol–water partition coefficient (Wildman–Crippen LogP) is 2.63. The number of rotatable bonds is 8. The highest BCUT2D eigenvalue weighted by molar-refractivity contribution is 9.09. The Labute approximate surface area is 106 Å². The first kappa shape index (κ1) is 14.0. The monoisotopic (exact) mass is 291 g/mol. The van der Waals surface area contributed by atoms with Gasteiger partial charge in [-0.15, -0.1) is 0 Å². The molecule has 1 amide bonds. The van der Waals surface area contributed by atoms with Gasteiger partial charge in [0.25, 0.3) is 0 Å². The Hall–Kier alpha value is -0.0900. The van der Waals surface area contributed by atoms with Gasteiger partial charge in [0.05, 0.1) is 6.10 Å². The maximum absolute atomic E-state index is 11.5. The molecule has 1 atom stereocenters. The summed E-state index contributed by atoms with van der Waals surface area (Å²) in [5.41, 5.74) is 0. The summed E-state index contributed by atoms with van der Waals surface area (Å²) in [7, 11) is 0. The summed E-state index contributed by atoms with van der Waals surface area (Å²) < 4.78 is 5.48. The van der Waals surface area contributed by atoms with Crippen LogP contribution in [-0.4, -0.2) is 30.5 Å². The van der Waals surface area contributed by atoms with Crippen LogP contribution in [0.25, 0.3) is 0 Å². The quantitative estimate of drug-likeness (QED) is 0.551. The van der Waals surface area contributed by atoms with E-state index >= 15 is 0 Å². The first-order valence-electron chi connectivity index (χ1n) is 6.27. The molecule has 0 spiro atoms. The van der Waals surface area contributed by atoms with Crippen molar-refractivity contribution in [2.24, 2.45) is 0 Å². The highest BCUT2D eigenvalue weighted by Gasteiger charge is 2.16. The molecule has 0 aromatic heterocycles. The number of hydrogen-bond donors (Lipinski definition) is 1. The first-order valence-corrected chi connectivity index (χ1v) is 7.39. The molecule has 3 nitrogen and oxygen atoms in total. The van der Waals surface area contributed by atoms with E-state index in [0.717, 1.165) is 44.2 Å². The third kappa shape index (κ3) is 6.48. The zero-order valence-corrected chi connectivity index (χ0v) is 11.4. The van der Waals surface area contributed by atoms with Crippen LogP contribution in [0.5, 0.6) is 0 Å². The van der Waals surface area contributed by atoms with Crippen molar-refractivity contribution < 1.29 is 9.53 Å². The van der Waals surface area contributed by atoms with Crippen LogP contribution in [0.3, 0.4) is 0 Å². The largest absolute Gasteiger partial charge is 0.378 e. The Morgan fingerprint density at radius 1 is 1.38 bits per heavy atom. The second-order valence-corrected chi connectivity index (χ2v) is 5.07. The Morgan fingerprint density at radius 2 is 2.25 bits per heavy atom. The zero-order chi connectivity index (χ0) is 11.6. The molecule has 1 N–H and O–H groups in total. The van der Waals surface area contributed by atoms with Gasteiger partial charge >= 0.3 is 0 Å². The minimum Gasteiger partial charge on any atom is -0.378 e. The molecule has 0 aliphatic carbocycles. The van der Waals surface area contributed by atoms with Gasteiger partial charge in [0, 0.05) is 24.9 Å². The van der Waals surface area contributed by atoms with Crippen molar-refractivity contribution in [2.75, 3.05) is 18.5 Å². The zero-order valence-electron chi connectivity index (χ0n) is 9.84. The van der Waals surface area contributed by atoms with Crippen LogP contribution in [-0.2, 0) is 9.53 Å². The molecule has 1 rings (SSSR count).